The lowest BCUT2D eigenvalue weighted by atomic mass is 10.2. The maximum absolute atomic E-state index is 12.1. The molecule has 0 unspecified atom stereocenters. The number of aryl methyl sites for hydroxylation is 1. The molecule has 0 saturated heterocycles. The number of benzene rings is 1. The number of carbonyl (C=O) groups is 1. The van der Waals surface area contributed by atoms with E-state index in [1.807, 2.05) is 19.1 Å². The fourth-order valence-electron chi connectivity index (χ4n) is 1.79. The fraction of sp³-hybridized carbons (Fsp3) is 0.286. The summed E-state index contributed by atoms with van der Waals surface area (Å²) < 4.78 is 11.0. The largest absolute Gasteiger partial charge is 0.496 e. The van der Waals surface area contributed by atoms with Crippen LogP contribution in [0.25, 0.3) is 0 Å². The highest BCUT2D eigenvalue weighted by atomic mass is 79.9. The predicted octanol–water partition coefficient (Wildman–Crippen LogP) is 2.73. The fourth-order valence-corrected chi connectivity index (χ4v) is 2.15. The van der Waals surface area contributed by atoms with Crippen molar-refractivity contribution in [1.29, 1.82) is 0 Å². The molecule has 0 bridgehead atoms. The zero-order valence-electron chi connectivity index (χ0n) is 11.3. The molecular formula is C14H15BrN2O3. The Morgan fingerprint density at radius 2 is 2.25 bits per heavy atom. The maximum atomic E-state index is 12.1. The van der Waals surface area contributed by atoms with Crippen LogP contribution in [0.2, 0.25) is 0 Å². The normalized spacial score (nSPS) is 10.3. The third kappa shape index (κ3) is 3.60. The Balaban J connectivity index is 1.96. The van der Waals surface area contributed by atoms with Crippen LogP contribution in [0.5, 0.6) is 5.75 Å². The Kier molecular flexibility index (Phi) is 4.79. The number of nitrogens with one attached hydrogen (secondary N) is 1. The minimum absolute atomic E-state index is 0.177. The number of halogens is 1. The molecule has 0 atom stereocenters. The van der Waals surface area contributed by atoms with E-state index in [9.17, 15) is 4.79 Å². The summed E-state index contributed by atoms with van der Waals surface area (Å²) in [7, 11) is 1.54. The van der Waals surface area contributed by atoms with Gasteiger partial charge in [-0.05, 0) is 25.1 Å². The summed E-state index contributed by atoms with van der Waals surface area (Å²) in [5.74, 6) is 1.13. The smallest absolute Gasteiger partial charge is 0.255 e. The van der Waals surface area contributed by atoms with Crippen LogP contribution in [0.15, 0.2) is 33.3 Å². The van der Waals surface area contributed by atoms with E-state index in [1.165, 1.54) is 7.11 Å². The molecule has 20 heavy (non-hydrogen) atoms. The van der Waals surface area contributed by atoms with Crippen molar-refractivity contribution >= 4 is 21.8 Å². The van der Waals surface area contributed by atoms with Crippen molar-refractivity contribution in [3.8, 4) is 5.75 Å². The van der Waals surface area contributed by atoms with E-state index in [4.69, 9.17) is 9.26 Å². The van der Waals surface area contributed by atoms with E-state index in [-0.39, 0.29) is 5.91 Å². The Labute approximate surface area is 125 Å². The molecule has 5 nitrogen and oxygen atoms in total. The lowest BCUT2D eigenvalue weighted by Gasteiger charge is -2.09. The van der Waals surface area contributed by atoms with Gasteiger partial charge in [0.2, 0.25) is 0 Å². The van der Waals surface area contributed by atoms with Crippen LogP contribution in [-0.4, -0.2) is 24.7 Å². The van der Waals surface area contributed by atoms with Crippen molar-refractivity contribution in [3.63, 3.8) is 0 Å². The standard InChI is InChI=1S/C14H15BrN2O3/c1-9-7-11(17-20-9)5-6-16-14(18)12-8-10(15)3-4-13(12)19-2/h3-4,7-8H,5-6H2,1-2H3,(H,16,18). The highest BCUT2D eigenvalue weighted by Crippen LogP contribution is 2.22. The molecule has 1 amide bonds. The summed E-state index contributed by atoms with van der Waals surface area (Å²) in [5, 5.41) is 6.71. The summed E-state index contributed by atoms with van der Waals surface area (Å²) in [6, 6.07) is 7.16. The molecule has 2 aromatic rings. The van der Waals surface area contributed by atoms with Gasteiger partial charge in [0.05, 0.1) is 18.4 Å². The van der Waals surface area contributed by atoms with Gasteiger partial charge >= 0.3 is 0 Å². The molecule has 1 N–H and O–H groups in total. The second-order valence-electron chi connectivity index (χ2n) is 4.28. The van der Waals surface area contributed by atoms with Crippen LogP contribution in [0, 0.1) is 6.92 Å². The summed E-state index contributed by atoms with van der Waals surface area (Å²) in [6.07, 6.45) is 0.624. The van der Waals surface area contributed by atoms with Crippen LogP contribution in [0.3, 0.4) is 0 Å². The minimum Gasteiger partial charge on any atom is -0.496 e. The zero-order valence-corrected chi connectivity index (χ0v) is 12.9. The van der Waals surface area contributed by atoms with Crippen molar-refractivity contribution in [1.82, 2.24) is 10.5 Å². The molecule has 6 heteroatoms. The minimum atomic E-state index is -0.177. The number of methoxy groups -OCH3 is 1. The molecule has 0 aliphatic carbocycles. The summed E-state index contributed by atoms with van der Waals surface area (Å²) in [4.78, 5) is 12.1. The van der Waals surface area contributed by atoms with E-state index in [0.29, 0.717) is 24.3 Å². The van der Waals surface area contributed by atoms with E-state index in [1.54, 1.807) is 12.1 Å². The van der Waals surface area contributed by atoms with Gasteiger partial charge in [-0.25, -0.2) is 0 Å². The Morgan fingerprint density at radius 1 is 1.45 bits per heavy atom. The van der Waals surface area contributed by atoms with E-state index in [2.05, 4.69) is 26.4 Å². The Hall–Kier alpha value is -1.82. The van der Waals surface area contributed by atoms with Gasteiger partial charge in [0.1, 0.15) is 11.5 Å². The Bertz CT molecular complexity index is 610. The van der Waals surface area contributed by atoms with E-state index >= 15 is 0 Å². The summed E-state index contributed by atoms with van der Waals surface area (Å²) >= 11 is 3.34. The number of aromatic nitrogens is 1. The van der Waals surface area contributed by atoms with Crippen molar-refractivity contribution in [2.75, 3.05) is 13.7 Å². The SMILES string of the molecule is COc1ccc(Br)cc1C(=O)NCCc1cc(C)on1. The van der Waals surface area contributed by atoms with Crippen molar-refractivity contribution in [2.24, 2.45) is 0 Å². The van der Waals surface area contributed by atoms with Crippen LogP contribution in [0.1, 0.15) is 21.8 Å². The first-order valence-corrected chi connectivity index (χ1v) is 6.93. The molecule has 1 aromatic heterocycles. The third-order valence-electron chi connectivity index (χ3n) is 2.75. The third-order valence-corrected chi connectivity index (χ3v) is 3.24. The van der Waals surface area contributed by atoms with Gasteiger partial charge in [-0.2, -0.15) is 0 Å². The second-order valence-corrected chi connectivity index (χ2v) is 5.20. The molecule has 0 aliphatic rings. The summed E-state index contributed by atoms with van der Waals surface area (Å²) in [5.41, 5.74) is 1.32. The average Bonchev–Trinajstić information content (AvgIpc) is 2.84. The predicted molar refractivity (Wildman–Crippen MR) is 78.0 cm³/mol. The number of amides is 1. The first kappa shape index (κ1) is 14.6. The van der Waals surface area contributed by atoms with Crippen molar-refractivity contribution in [3.05, 3.63) is 45.8 Å². The number of carbonyl (C=O) groups excluding carboxylic acids is 1. The first-order valence-electron chi connectivity index (χ1n) is 6.14. The number of hydrogen-bond donors (Lipinski definition) is 1. The zero-order chi connectivity index (χ0) is 14.5. The number of hydrogen-bond acceptors (Lipinski definition) is 4. The second kappa shape index (κ2) is 6.56. The first-order chi connectivity index (χ1) is 9.60. The van der Waals surface area contributed by atoms with Gasteiger partial charge in [0.15, 0.2) is 0 Å². The Morgan fingerprint density at radius 3 is 2.90 bits per heavy atom. The number of ether oxygens (including phenoxy) is 1. The summed E-state index contributed by atoms with van der Waals surface area (Å²) in [6.45, 7) is 2.32. The molecule has 1 aromatic carbocycles. The van der Waals surface area contributed by atoms with E-state index in [0.717, 1.165) is 15.9 Å². The highest BCUT2D eigenvalue weighted by Gasteiger charge is 2.12. The van der Waals surface area contributed by atoms with Crippen molar-refractivity contribution < 1.29 is 14.1 Å². The molecular weight excluding hydrogens is 324 g/mol. The van der Waals surface area contributed by atoms with Crippen LogP contribution in [0.4, 0.5) is 0 Å². The molecule has 0 fully saturated rings. The molecule has 1 heterocycles. The van der Waals surface area contributed by atoms with Gasteiger partial charge < -0.3 is 14.6 Å². The number of nitrogens with zero attached hydrogens (tertiary/aromatic N) is 1. The lowest BCUT2D eigenvalue weighted by Crippen LogP contribution is -2.26. The number of rotatable bonds is 5. The molecule has 0 radical (unpaired) electrons. The maximum Gasteiger partial charge on any atom is 0.255 e. The molecule has 0 aliphatic heterocycles. The van der Waals surface area contributed by atoms with Gasteiger partial charge in [0.25, 0.3) is 5.91 Å². The molecule has 2 rings (SSSR count). The molecule has 106 valence electrons. The topological polar surface area (TPSA) is 64.4 Å². The van der Waals surface area contributed by atoms with Gasteiger partial charge in [-0.15, -0.1) is 0 Å². The molecule has 0 saturated carbocycles. The van der Waals surface area contributed by atoms with Crippen LogP contribution < -0.4 is 10.1 Å². The quantitative estimate of drug-likeness (QED) is 0.910. The van der Waals surface area contributed by atoms with Gasteiger partial charge in [-0.1, -0.05) is 21.1 Å². The monoisotopic (exact) mass is 338 g/mol. The lowest BCUT2D eigenvalue weighted by molar-refractivity contribution is 0.0951. The van der Waals surface area contributed by atoms with E-state index < -0.39 is 0 Å². The average molecular weight is 339 g/mol. The van der Waals surface area contributed by atoms with Crippen LogP contribution >= 0.6 is 15.9 Å². The highest BCUT2D eigenvalue weighted by molar-refractivity contribution is 9.10. The van der Waals surface area contributed by atoms with Gasteiger partial charge in [0, 0.05) is 23.5 Å². The molecule has 0 spiro atoms. The van der Waals surface area contributed by atoms with Crippen LogP contribution in [-0.2, 0) is 6.42 Å². The van der Waals surface area contributed by atoms with Gasteiger partial charge in [-0.3, -0.25) is 4.79 Å². The van der Waals surface area contributed by atoms with Crippen molar-refractivity contribution in [2.45, 2.75) is 13.3 Å².